The Kier molecular flexibility index (Phi) is 6.82. The summed E-state index contributed by atoms with van der Waals surface area (Å²) in [5.41, 5.74) is 0.360. The Morgan fingerprint density at radius 1 is 1.04 bits per heavy atom. The highest BCUT2D eigenvalue weighted by atomic mass is 19.1. The highest BCUT2D eigenvalue weighted by Gasteiger charge is 2.48. The molecule has 3 aromatic carbocycles. The summed E-state index contributed by atoms with van der Waals surface area (Å²) in [7, 11) is 0. The van der Waals surface area contributed by atoms with Gasteiger partial charge in [0.1, 0.15) is 22.9 Å². The highest BCUT2D eigenvalue weighted by Crippen LogP contribution is 2.48. The van der Waals surface area contributed by atoms with Crippen molar-refractivity contribution in [1.82, 2.24) is 20.2 Å². The maximum absolute atomic E-state index is 16.9. The van der Waals surface area contributed by atoms with Crippen molar-refractivity contribution < 1.29 is 23.4 Å². The molecule has 47 heavy (non-hydrogen) atoms. The van der Waals surface area contributed by atoms with Crippen LogP contribution in [0.4, 0.5) is 14.6 Å². The summed E-state index contributed by atoms with van der Waals surface area (Å²) in [5.74, 6) is 2.62. The van der Waals surface area contributed by atoms with Gasteiger partial charge in [-0.25, -0.2) is 8.78 Å². The van der Waals surface area contributed by atoms with Crippen molar-refractivity contribution in [3.63, 3.8) is 0 Å². The van der Waals surface area contributed by atoms with Crippen LogP contribution in [0.3, 0.4) is 0 Å². The fourth-order valence-electron chi connectivity index (χ4n) is 8.54. The molecule has 2 bridgehead atoms. The van der Waals surface area contributed by atoms with Crippen molar-refractivity contribution in [1.29, 1.82) is 0 Å². The van der Waals surface area contributed by atoms with E-state index < -0.39 is 11.6 Å². The topological polar surface area (TPSA) is 83.0 Å². The van der Waals surface area contributed by atoms with Gasteiger partial charge in [0.05, 0.1) is 25.4 Å². The number of hydrogen-bond acceptors (Lipinski definition) is 8. The van der Waals surface area contributed by atoms with E-state index in [1.807, 2.05) is 0 Å². The standard InChI is InChI=1S/C37H37F2N5O3/c1-2-21-4-3-5-22-10-27(45)11-28(31(21)22)32-30(38)12-29-34(33(32)39)41-36(42-35(29)44-15-25-6-7-26(16-44)40-25)47-20-37(8-9-37)19-43-13-23-17-46-18-24(23)14-43/h1,3-5,10-12,23-26,40,45H,6-9,13-20H2. The average Bonchev–Trinajstić information content (AvgIpc) is 3.30. The first kappa shape index (κ1) is 29.1. The minimum atomic E-state index is -0.836. The number of anilines is 1. The van der Waals surface area contributed by atoms with Crippen LogP contribution in [0.25, 0.3) is 32.8 Å². The molecule has 0 amide bonds. The number of rotatable bonds is 7. The van der Waals surface area contributed by atoms with Crippen molar-refractivity contribution in [2.24, 2.45) is 17.3 Å². The lowest BCUT2D eigenvalue weighted by atomic mass is 9.93. The molecule has 10 heteroatoms. The van der Waals surface area contributed by atoms with Crippen LogP contribution < -0.4 is 15.0 Å². The minimum absolute atomic E-state index is 0.0147. The number of benzene rings is 3. The lowest BCUT2D eigenvalue weighted by Crippen LogP contribution is -2.51. The number of phenols is 1. The molecule has 5 aliphatic rings. The number of nitrogens with one attached hydrogen (secondary N) is 1. The molecule has 8 nitrogen and oxygen atoms in total. The molecule has 1 aliphatic carbocycles. The zero-order chi connectivity index (χ0) is 31.9. The molecule has 1 aromatic heterocycles. The van der Waals surface area contributed by atoms with Crippen molar-refractivity contribution >= 4 is 27.5 Å². The van der Waals surface area contributed by atoms with Gasteiger partial charge in [0.2, 0.25) is 0 Å². The number of likely N-dealkylation sites (tertiary alicyclic amines) is 1. The molecule has 242 valence electrons. The van der Waals surface area contributed by atoms with E-state index in [0.717, 1.165) is 58.5 Å². The van der Waals surface area contributed by atoms with Gasteiger partial charge in [-0.2, -0.15) is 9.97 Å². The van der Waals surface area contributed by atoms with Crippen molar-refractivity contribution in [3.05, 3.63) is 53.6 Å². The zero-order valence-corrected chi connectivity index (χ0v) is 26.1. The first-order valence-electron chi connectivity index (χ1n) is 16.7. The maximum Gasteiger partial charge on any atom is 0.319 e. The lowest BCUT2D eigenvalue weighted by molar-refractivity contribution is 0.131. The fourth-order valence-corrected chi connectivity index (χ4v) is 8.54. The van der Waals surface area contributed by atoms with Crippen LogP contribution >= 0.6 is 0 Å². The highest BCUT2D eigenvalue weighted by molar-refractivity contribution is 6.04. The molecule has 0 radical (unpaired) electrons. The predicted octanol–water partition coefficient (Wildman–Crippen LogP) is 5.09. The number of fused-ring (bicyclic) bond motifs is 5. The van der Waals surface area contributed by atoms with Gasteiger partial charge in [0.25, 0.3) is 0 Å². The van der Waals surface area contributed by atoms with Crippen molar-refractivity contribution in [3.8, 4) is 35.2 Å². The molecule has 1 saturated carbocycles. The lowest BCUT2D eigenvalue weighted by Gasteiger charge is -2.34. The summed E-state index contributed by atoms with van der Waals surface area (Å²) in [6.45, 7) is 6.56. The summed E-state index contributed by atoms with van der Waals surface area (Å²) in [4.78, 5) is 14.1. The molecule has 4 atom stereocenters. The molecule has 9 rings (SSSR count). The van der Waals surface area contributed by atoms with Gasteiger partial charge < -0.3 is 29.7 Å². The molecule has 5 heterocycles. The largest absolute Gasteiger partial charge is 0.508 e. The third kappa shape index (κ3) is 5.07. The van der Waals surface area contributed by atoms with E-state index in [-0.39, 0.29) is 45.9 Å². The van der Waals surface area contributed by atoms with Crippen LogP contribution in [-0.2, 0) is 4.74 Å². The molecule has 2 N–H and O–H groups in total. The van der Waals surface area contributed by atoms with Crippen LogP contribution in [0.15, 0.2) is 36.4 Å². The Bertz CT molecular complexity index is 1930. The summed E-state index contributed by atoms with van der Waals surface area (Å²) < 4.78 is 45.2. The van der Waals surface area contributed by atoms with Gasteiger partial charge in [-0.1, -0.05) is 18.1 Å². The SMILES string of the molecule is C#Cc1cccc2cc(O)cc(-c3c(F)cc4c(N5CC6CCC(C5)N6)nc(OCC5(CN6CC7COCC7C6)CC5)nc4c3F)c12. The zero-order valence-electron chi connectivity index (χ0n) is 26.1. The fraction of sp³-hybridized carbons (Fsp3) is 0.459. The van der Waals surface area contributed by atoms with E-state index in [9.17, 15) is 5.11 Å². The van der Waals surface area contributed by atoms with Gasteiger partial charge in [-0.15, -0.1) is 6.42 Å². The second kappa shape index (κ2) is 11.0. The number of aromatic hydroxyl groups is 1. The summed E-state index contributed by atoms with van der Waals surface area (Å²) in [5, 5.41) is 15.6. The Morgan fingerprint density at radius 2 is 1.81 bits per heavy atom. The normalized spacial score (nSPS) is 26.2. The van der Waals surface area contributed by atoms with E-state index in [1.165, 1.54) is 18.2 Å². The van der Waals surface area contributed by atoms with E-state index >= 15 is 8.78 Å². The van der Waals surface area contributed by atoms with Crippen LogP contribution in [0.2, 0.25) is 0 Å². The van der Waals surface area contributed by atoms with Crippen molar-refractivity contribution in [2.45, 2.75) is 37.8 Å². The summed E-state index contributed by atoms with van der Waals surface area (Å²) in [6, 6.07) is 10.1. The first-order chi connectivity index (χ1) is 22.9. The monoisotopic (exact) mass is 637 g/mol. The number of terminal acetylenes is 1. The number of piperazine rings is 1. The van der Waals surface area contributed by atoms with E-state index in [4.69, 9.17) is 20.9 Å². The third-order valence-electron chi connectivity index (χ3n) is 11.1. The van der Waals surface area contributed by atoms with Crippen LogP contribution in [0.1, 0.15) is 31.2 Å². The van der Waals surface area contributed by atoms with E-state index in [1.54, 1.807) is 18.2 Å². The molecule has 4 aromatic rings. The number of aromatic nitrogens is 2. The van der Waals surface area contributed by atoms with Crippen LogP contribution in [0.5, 0.6) is 11.8 Å². The molecular formula is C37H37F2N5O3. The Labute approximate surface area is 272 Å². The van der Waals surface area contributed by atoms with Gasteiger partial charge in [-0.05, 0) is 55.3 Å². The number of hydrogen-bond donors (Lipinski definition) is 2. The molecular weight excluding hydrogens is 600 g/mol. The maximum atomic E-state index is 16.9. The van der Waals surface area contributed by atoms with E-state index in [2.05, 4.69) is 26.0 Å². The Morgan fingerprint density at radius 3 is 2.53 bits per heavy atom. The van der Waals surface area contributed by atoms with Gasteiger partial charge >= 0.3 is 6.01 Å². The average molecular weight is 638 g/mol. The van der Waals surface area contributed by atoms with E-state index in [0.29, 0.717) is 59.1 Å². The molecule has 4 unspecified atom stereocenters. The Hall–Kier alpha value is -4.04. The number of nitrogens with zero attached hydrogens (tertiary/aromatic N) is 4. The second-order valence-electron chi connectivity index (χ2n) is 14.4. The number of halogens is 2. The number of ether oxygens (including phenoxy) is 2. The van der Waals surface area contributed by atoms with Gasteiger partial charge in [0, 0.05) is 84.0 Å². The third-order valence-corrected chi connectivity index (χ3v) is 11.1. The van der Waals surface area contributed by atoms with Gasteiger partial charge in [-0.3, -0.25) is 0 Å². The molecule has 5 fully saturated rings. The van der Waals surface area contributed by atoms with Crippen molar-refractivity contribution in [2.75, 3.05) is 57.4 Å². The number of phenolic OH excluding ortho intramolecular Hbond substituents is 1. The minimum Gasteiger partial charge on any atom is -0.508 e. The van der Waals surface area contributed by atoms with Gasteiger partial charge in [0.15, 0.2) is 5.82 Å². The van der Waals surface area contributed by atoms with Crippen LogP contribution in [0, 0.1) is 41.2 Å². The Balaban J connectivity index is 1.12. The smallest absolute Gasteiger partial charge is 0.319 e. The summed E-state index contributed by atoms with van der Waals surface area (Å²) in [6.07, 6.45) is 10.0. The quantitative estimate of drug-likeness (QED) is 0.271. The van der Waals surface area contributed by atoms with Crippen LogP contribution in [-0.4, -0.2) is 84.6 Å². The molecule has 0 spiro atoms. The predicted molar refractivity (Wildman–Crippen MR) is 176 cm³/mol. The molecule has 4 saturated heterocycles. The second-order valence-corrected chi connectivity index (χ2v) is 14.4. The summed E-state index contributed by atoms with van der Waals surface area (Å²) >= 11 is 0. The molecule has 4 aliphatic heterocycles. The first-order valence-corrected chi connectivity index (χ1v) is 16.7.